The minimum atomic E-state index is 0.169. The van der Waals surface area contributed by atoms with Gasteiger partial charge in [-0.1, -0.05) is 0 Å². The lowest BCUT2D eigenvalue weighted by molar-refractivity contribution is 0.689. The van der Waals surface area contributed by atoms with Crippen molar-refractivity contribution in [1.82, 2.24) is 9.97 Å². The van der Waals surface area contributed by atoms with Crippen LogP contribution in [0.5, 0.6) is 0 Å². The van der Waals surface area contributed by atoms with E-state index in [1.54, 1.807) is 6.20 Å². The summed E-state index contributed by atoms with van der Waals surface area (Å²) in [5.74, 6) is 0.676. The lowest BCUT2D eigenvalue weighted by Crippen LogP contribution is -2.20. The summed E-state index contributed by atoms with van der Waals surface area (Å²) in [7, 11) is 0. The number of aromatic nitrogens is 2. The van der Waals surface area contributed by atoms with Crippen LogP contribution in [-0.4, -0.2) is 21.4 Å². The van der Waals surface area contributed by atoms with Gasteiger partial charge in [0.2, 0.25) is 5.95 Å². The van der Waals surface area contributed by atoms with E-state index in [1.165, 1.54) is 0 Å². The first-order valence-corrected chi connectivity index (χ1v) is 5.22. The zero-order chi connectivity index (χ0) is 10.6. The first kappa shape index (κ1) is 11.2. The van der Waals surface area contributed by atoms with E-state index >= 15 is 0 Å². The summed E-state index contributed by atoms with van der Waals surface area (Å²) >= 11 is 5.89. The molecule has 2 unspecified atom stereocenters. The first-order valence-electron chi connectivity index (χ1n) is 4.78. The topological polar surface area (TPSA) is 37.8 Å². The molecule has 0 saturated carbocycles. The molecule has 78 valence electrons. The van der Waals surface area contributed by atoms with Gasteiger partial charge in [0.05, 0.1) is 0 Å². The van der Waals surface area contributed by atoms with Crippen LogP contribution in [0, 0.1) is 6.92 Å². The number of anilines is 1. The summed E-state index contributed by atoms with van der Waals surface area (Å²) in [5, 5.41) is 3.38. The summed E-state index contributed by atoms with van der Waals surface area (Å²) in [6.07, 6.45) is 2.65. The monoisotopic (exact) mass is 213 g/mol. The molecule has 0 amide bonds. The number of alkyl halides is 1. The molecule has 1 N–H and O–H groups in total. The summed E-state index contributed by atoms with van der Waals surface area (Å²) in [6.45, 7) is 6.00. The third kappa shape index (κ3) is 3.92. The van der Waals surface area contributed by atoms with E-state index in [9.17, 15) is 0 Å². The van der Waals surface area contributed by atoms with Crippen LogP contribution in [0.4, 0.5) is 5.95 Å². The van der Waals surface area contributed by atoms with Crippen molar-refractivity contribution in [3.63, 3.8) is 0 Å². The quantitative estimate of drug-likeness (QED) is 0.782. The molecule has 0 aliphatic rings. The lowest BCUT2D eigenvalue weighted by atomic mass is 10.2. The Hall–Kier alpha value is -0.830. The molecule has 0 aliphatic carbocycles. The van der Waals surface area contributed by atoms with Gasteiger partial charge in [0.25, 0.3) is 0 Å². The van der Waals surface area contributed by atoms with Gasteiger partial charge in [-0.3, -0.25) is 0 Å². The molecule has 1 heterocycles. The molecule has 4 heteroatoms. The fourth-order valence-corrected chi connectivity index (χ4v) is 1.55. The minimum absolute atomic E-state index is 0.169. The minimum Gasteiger partial charge on any atom is -0.352 e. The van der Waals surface area contributed by atoms with E-state index in [0.29, 0.717) is 12.0 Å². The number of halogens is 1. The van der Waals surface area contributed by atoms with E-state index < -0.39 is 0 Å². The van der Waals surface area contributed by atoms with Gasteiger partial charge < -0.3 is 5.32 Å². The summed E-state index contributed by atoms with van der Waals surface area (Å²) in [5.41, 5.74) is 0.966. The third-order valence-corrected chi connectivity index (χ3v) is 2.03. The fourth-order valence-electron chi connectivity index (χ4n) is 1.28. The average Bonchev–Trinajstić information content (AvgIpc) is 2.01. The molecule has 0 bridgehead atoms. The lowest BCUT2D eigenvalue weighted by Gasteiger charge is -2.14. The van der Waals surface area contributed by atoms with Crippen molar-refractivity contribution in [3.05, 3.63) is 18.0 Å². The normalized spacial score (nSPS) is 14.9. The predicted molar refractivity (Wildman–Crippen MR) is 59.8 cm³/mol. The molecule has 0 aliphatic heterocycles. The molecule has 1 aromatic rings. The van der Waals surface area contributed by atoms with Crippen LogP contribution >= 0.6 is 11.6 Å². The molecule has 3 nitrogen and oxygen atoms in total. The van der Waals surface area contributed by atoms with Crippen LogP contribution in [0.1, 0.15) is 26.0 Å². The van der Waals surface area contributed by atoms with Crippen molar-refractivity contribution >= 4 is 17.5 Å². The van der Waals surface area contributed by atoms with E-state index in [2.05, 4.69) is 22.2 Å². The van der Waals surface area contributed by atoms with Crippen LogP contribution in [0.15, 0.2) is 12.3 Å². The van der Waals surface area contributed by atoms with Gasteiger partial charge in [-0.15, -0.1) is 11.6 Å². The molecule has 1 aromatic heterocycles. The van der Waals surface area contributed by atoms with Crippen LogP contribution in [0.3, 0.4) is 0 Å². The molecule has 0 aromatic carbocycles. The summed E-state index contributed by atoms with van der Waals surface area (Å²) in [4.78, 5) is 8.38. The van der Waals surface area contributed by atoms with Crippen molar-refractivity contribution < 1.29 is 0 Å². The highest BCUT2D eigenvalue weighted by Gasteiger charge is 2.07. The maximum atomic E-state index is 5.89. The zero-order valence-electron chi connectivity index (χ0n) is 8.79. The van der Waals surface area contributed by atoms with Gasteiger partial charge in [-0.2, -0.15) is 0 Å². The number of nitrogens with one attached hydrogen (secondary N) is 1. The van der Waals surface area contributed by atoms with Gasteiger partial charge >= 0.3 is 0 Å². The Morgan fingerprint density at radius 1 is 1.50 bits per heavy atom. The standard InChI is InChI=1S/C10H16ClN3/c1-7(11)6-9(3)14-10-12-5-4-8(2)13-10/h4-5,7,9H,6H2,1-3H3,(H,12,13,14). The Bertz CT molecular complexity index is 288. The van der Waals surface area contributed by atoms with Gasteiger partial charge in [0, 0.05) is 23.3 Å². The largest absolute Gasteiger partial charge is 0.352 e. The van der Waals surface area contributed by atoms with E-state index in [4.69, 9.17) is 11.6 Å². The average molecular weight is 214 g/mol. The molecule has 2 atom stereocenters. The van der Waals surface area contributed by atoms with Crippen molar-refractivity contribution in [2.24, 2.45) is 0 Å². The van der Waals surface area contributed by atoms with Crippen LogP contribution in [0.2, 0.25) is 0 Å². The van der Waals surface area contributed by atoms with Crippen molar-refractivity contribution in [3.8, 4) is 0 Å². The fraction of sp³-hybridized carbons (Fsp3) is 0.600. The van der Waals surface area contributed by atoms with E-state index in [1.807, 2.05) is 19.9 Å². The van der Waals surface area contributed by atoms with Crippen LogP contribution < -0.4 is 5.32 Å². The third-order valence-electron chi connectivity index (χ3n) is 1.85. The van der Waals surface area contributed by atoms with Crippen molar-refractivity contribution in [2.75, 3.05) is 5.32 Å². The van der Waals surface area contributed by atoms with E-state index in [0.717, 1.165) is 12.1 Å². The highest BCUT2D eigenvalue weighted by molar-refractivity contribution is 6.20. The SMILES string of the molecule is Cc1ccnc(NC(C)CC(C)Cl)n1. The second-order valence-electron chi connectivity index (χ2n) is 3.58. The summed E-state index contributed by atoms with van der Waals surface area (Å²) < 4.78 is 0. The second-order valence-corrected chi connectivity index (χ2v) is 4.33. The smallest absolute Gasteiger partial charge is 0.223 e. The molecular formula is C10H16ClN3. The van der Waals surface area contributed by atoms with Gasteiger partial charge in [0.1, 0.15) is 0 Å². The highest BCUT2D eigenvalue weighted by atomic mass is 35.5. The zero-order valence-corrected chi connectivity index (χ0v) is 9.54. The maximum absolute atomic E-state index is 5.89. The summed E-state index contributed by atoms with van der Waals surface area (Å²) in [6, 6.07) is 2.17. The second kappa shape index (κ2) is 5.15. The van der Waals surface area contributed by atoms with Gasteiger partial charge in [-0.25, -0.2) is 9.97 Å². The van der Waals surface area contributed by atoms with Crippen molar-refractivity contribution in [2.45, 2.75) is 38.6 Å². The van der Waals surface area contributed by atoms with Crippen LogP contribution in [0.25, 0.3) is 0 Å². The predicted octanol–water partition coefficient (Wildman–Crippen LogP) is 2.60. The van der Waals surface area contributed by atoms with E-state index in [-0.39, 0.29) is 5.38 Å². The number of hydrogen-bond acceptors (Lipinski definition) is 3. The molecule has 14 heavy (non-hydrogen) atoms. The Morgan fingerprint density at radius 2 is 2.21 bits per heavy atom. The van der Waals surface area contributed by atoms with Crippen LogP contribution in [-0.2, 0) is 0 Å². The number of nitrogens with zero attached hydrogens (tertiary/aromatic N) is 2. The Kier molecular flexibility index (Phi) is 4.14. The number of hydrogen-bond donors (Lipinski definition) is 1. The highest BCUT2D eigenvalue weighted by Crippen LogP contribution is 2.08. The Morgan fingerprint density at radius 3 is 2.79 bits per heavy atom. The Balaban J connectivity index is 2.51. The molecule has 1 rings (SSSR count). The molecule has 0 radical (unpaired) electrons. The molecule has 0 saturated heterocycles. The van der Waals surface area contributed by atoms with Crippen molar-refractivity contribution in [1.29, 1.82) is 0 Å². The van der Waals surface area contributed by atoms with Gasteiger partial charge in [-0.05, 0) is 33.3 Å². The molecule has 0 spiro atoms. The molecule has 0 fully saturated rings. The maximum Gasteiger partial charge on any atom is 0.223 e. The van der Waals surface area contributed by atoms with Gasteiger partial charge in [0.15, 0.2) is 0 Å². The number of rotatable bonds is 4. The number of aryl methyl sites for hydroxylation is 1. The first-order chi connectivity index (χ1) is 6.58. The molecular weight excluding hydrogens is 198 g/mol. The Labute approximate surface area is 89.9 Å².